The Labute approximate surface area is 182 Å². The number of thiazole rings is 1. The Hall–Kier alpha value is -2.54. The number of halogens is 1. The summed E-state index contributed by atoms with van der Waals surface area (Å²) in [6.07, 6.45) is 4.09. The molecule has 1 saturated heterocycles. The summed E-state index contributed by atoms with van der Waals surface area (Å²) in [6.45, 7) is 3.95. The minimum absolute atomic E-state index is 0.214. The maximum Gasteiger partial charge on any atom is 0.303 e. The molecule has 0 aliphatic carbocycles. The van der Waals surface area contributed by atoms with E-state index in [0.29, 0.717) is 35.8 Å². The number of hydrogen-bond acceptors (Lipinski definition) is 8. The van der Waals surface area contributed by atoms with E-state index in [1.165, 1.54) is 18.3 Å². The van der Waals surface area contributed by atoms with Crippen LogP contribution in [0.5, 0.6) is 0 Å². The van der Waals surface area contributed by atoms with Gasteiger partial charge < -0.3 is 9.47 Å². The highest BCUT2D eigenvalue weighted by molar-refractivity contribution is 7.13. The first kappa shape index (κ1) is 20.7. The van der Waals surface area contributed by atoms with Gasteiger partial charge in [0.1, 0.15) is 11.6 Å². The molecule has 4 rings (SSSR count). The summed E-state index contributed by atoms with van der Waals surface area (Å²) in [5.41, 5.74) is 2.65. The van der Waals surface area contributed by atoms with Crippen molar-refractivity contribution < 1.29 is 14.3 Å². The molecule has 8 nitrogen and oxygen atoms in total. The second-order valence-corrected chi connectivity index (χ2v) is 8.03. The van der Waals surface area contributed by atoms with Gasteiger partial charge in [-0.1, -0.05) is 30.9 Å². The lowest BCUT2D eigenvalue weighted by Crippen LogP contribution is -2.25. The molecule has 3 aromatic heterocycles. The molecule has 0 spiro atoms. The standard InChI is InChI=1S/C20H20ClN5O3S/c1-3-4-5-6-7-15-23-17(21)16-19(24-15)26(18(25-16)14-10-22-11-30-14)20-13(8-9-28-20)29-12(2)27/h10-11,13,20H,3-5,8-9H2,1-2H3/t13-,20-/m1/s1. The van der Waals surface area contributed by atoms with Crippen molar-refractivity contribution in [3.8, 4) is 22.5 Å². The molecule has 2 atom stereocenters. The fourth-order valence-corrected chi connectivity index (χ4v) is 4.08. The maximum atomic E-state index is 11.6. The lowest BCUT2D eigenvalue weighted by Gasteiger charge is -2.21. The van der Waals surface area contributed by atoms with Gasteiger partial charge in [-0.2, -0.15) is 0 Å². The monoisotopic (exact) mass is 445 g/mol. The molecule has 0 radical (unpaired) electrons. The Morgan fingerprint density at radius 2 is 2.30 bits per heavy atom. The van der Waals surface area contributed by atoms with Crippen LogP contribution in [0.3, 0.4) is 0 Å². The lowest BCUT2D eigenvalue weighted by atomic mass is 10.2. The van der Waals surface area contributed by atoms with Gasteiger partial charge in [-0.15, -0.1) is 11.3 Å². The Bertz CT molecular complexity index is 1120. The number of rotatable bonds is 5. The number of carbonyl (C=O) groups excluding carboxylic acids is 1. The molecule has 10 heteroatoms. The molecule has 0 bridgehead atoms. The summed E-state index contributed by atoms with van der Waals surface area (Å²) >= 11 is 7.88. The number of esters is 1. The molecule has 0 saturated carbocycles. The molecule has 4 heterocycles. The predicted molar refractivity (Wildman–Crippen MR) is 113 cm³/mol. The highest BCUT2D eigenvalue weighted by Gasteiger charge is 2.36. The summed E-state index contributed by atoms with van der Waals surface area (Å²) in [5, 5.41) is 0.214. The van der Waals surface area contributed by atoms with E-state index in [-0.39, 0.29) is 11.1 Å². The van der Waals surface area contributed by atoms with Gasteiger partial charge in [0.2, 0.25) is 5.82 Å². The number of imidazole rings is 1. The summed E-state index contributed by atoms with van der Waals surface area (Å²) in [7, 11) is 0. The molecule has 0 amide bonds. The van der Waals surface area contributed by atoms with Crippen LogP contribution in [0.1, 0.15) is 51.6 Å². The van der Waals surface area contributed by atoms with E-state index in [0.717, 1.165) is 24.1 Å². The van der Waals surface area contributed by atoms with Crippen molar-refractivity contribution in [1.29, 1.82) is 0 Å². The number of carbonyl (C=O) groups is 1. The molecule has 0 aromatic carbocycles. The molecular weight excluding hydrogens is 426 g/mol. The average Bonchev–Trinajstić information content (AvgIpc) is 3.44. The summed E-state index contributed by atoms with van der Waals surface area (Å²) in [5.74, 6) is 6.61. The third-order valence-corrected chi connectivity index (χ3v) is 5.62. The van der Waals surface area contributed by atoms with Crippen LogP contribution in [0.25, 0.3) is 21.9 Å². The number of nitrogens with zero attached hydrogens (tertiary/aromatic N) is 5. The van der Waals surface area contributed by atoms with Crippen LogP contribution < -0.4 is 0 Å². The van der Waals surface area contributed by atoms with E-state index >= 15 is 0 Å². The van der Waals surface area contributed by atoms with Crippen LogP contribution in [0.2, 0.25) is 5.15 Å². The molecule has 1 fully saturated rings. The molecule has 1 aliphatic heterocycles. The van der Waals surface area contributed by atoms with Crippen molar-refractivity contribution in [3.63, 3.8) is 0 Å². The van der Waals surface area contributed by atoms with Gasteiger partial charge >= 0.3 is 5.97 Å². The Morgan fingerprint density at radius 3 is 3.03 bits per heavy atom. The van der Waals surface area contributed by atoms with E-state index in [9.17, 15) is 4.79 Å². The van der Waals surface area contributed by atoms with Crippen LogP contribution in [0.15, 0.2) is 11.7 Å². The first-order valence-electron chi connectivity index (χ1n) is 9.70. The topological polar surface area (TPSA) is 92.0 Å². The van der Waals surface area contributed by atoms with Crippen LogP contribution in [0.4, 0.5) is 0 Å². The van der Waals surface area contributed by atoms with E-state index in [1.807, 2.05) is 4.57 Å². The van der Waals surface area contributed by atoms with Gasteiger partial charge in [0.15, 0.2) is 22.9 Å². The van der Waals surface area contributed by atoms with Crippen molar-refractivity contribution in [2.45, 2.75) is 51.9 Å². The van der Waals surface area contributed by atoms with Crippen LogP contribution >= 0.6 is 22.9 Å². The fraction of sp³-hybridized carbons (Fsp3) is 0.450. The van der Waals surface area contributed by atoms with Gasteiger partial charge in [0, 0.05) is 26.0 Å². The zero-order valence-corrected chi connectivity index (χ0v) is 18.2. The number of fused-ring (bicyclic) bond motifs is 1. The normalized spacial score (nSPS) is 18.4. The Balaban J connectivity index is 1.86. The molecule has 30 heavy (non-hydrogen) atoms. The van der Waals surface area contributed by atoms with Crippen molar-refractivity contribution in [2.75, 3.05) is 6.61 Å². The molecular formula is C20H20ClN5O3S. The summed E-state index contributed by atoms with van der Waals surface area (Å²) < 4.78 is 13.2. The number of unbranched alkanes of at least 4 members (excludes halogenated alkanes) is 2. The van der Waals surface area contributed by atoms with Gasteiger partial charge in [-0.25, -0.2) is 15.0 Å². The van der Waals surface area contributed by atoms with Crippen molar-refractivity contribution >= 4 is 40.1 Å². The van der Waals surface area contributed by atoms with Crippen LogP contribution in [0, 0.1) is 11.8 Å². The number of hydrogen-bond donors (Lipinski definition) is 0. The van der Waals surface area contributed by atoms with Crippen molar-refractivity contribution in [1.82, 2.24) is 24.5 Å². The van der Waals surface area contributed by atoms with Crippen molar-refractivity contribution in [2.24, 2.45) is 0 Å². The fourth-order valence-electron chi connectivity index (χ4n) is 3.27. The minimum atomic E-state index is -0.581. The number of aromatic nitrogens is 5. The van der Waals surface area contributed by atoms with Gasteiger partial charge in [-0.3, -0.25) is 14.3 Å². The molecule has 156 valence electrons. The second-order valence-electron chi connectivity index (χ2n) is 6.78. The van der Waals surface area contributed by atoms with E-state index in [1.54, 1.807) is 11.7 Å². The van der Waals surface area contributed by atoms with Gasteiger partial charge in [0.05, 0.1) is 17.0 Å². The smallest absolute Gasteiger partial charge is 0.303 e. The summed E-state index contributed by atoms with van der Waals surface area (Å²) in [4.78, 5) is 30.1. The average molecular weight is 446 g/mol. The van der Waals surface area contributed by atoms with Crippen LogP contribution in [-0.2, 0) is 14.3 Å². The van der Waals surface area contributed by atoms with Crippen molar-refractivity contribution in [3.05, 3.63) is 22.7 Å². The predicted octanol–water partition coefficient (Wildman–Crippen LogP) is 4.00. The minimum Gasteiger partial charge on any atom is -0.458 e. The zero-order valence-electron chi connectivity index (χ0n) is 16.6. The third kappa shape index (κ3) is 4.17. The third-order valence-electron chi connectivity index (χ3n) is 4.59. The first-order chi connectivity index (χ1) is 14.6. The molecule has 0 N–H and O–H groups in total. The Morgan fingerprint density at radius 1 is 1.43 bits per heavy atom. The summed E-state index contributed by atoms with van der Waals surface area (Å²) in [6, 6.07) is 0. The molecule has 3 aromatic rings. The SMILES string of the molecule is CCCCC#Cc1nc(Cl)c2nc(-c3cncs3)n([C@@H]3OCC[C@H]3OC(C)=O)c2n1. The second kappa shape index (κ2) is 9.08. The largest absolute Gasteiger partial charge is 0.458 e. The van der Waals surface area contributed by atoms with E-state index in [2.05, 4.69) is 38.7 Å². The first-order valence-corrected chi connectivity index (χ1v) is 11.0. The van der Waals surface area contributed by atoms with Gasteiger partial charge in [-0.05, 0) is 12.3 Å². The molecule has 0 unspecified atom stereocenters. The van der Waals surface area contributed by atoms with Crippen LogP contribution in [-0.4, -0.2) is 43.2 Å². The molecule has 1 aliphatic rings. The lowest BCUT2D eigenvalue weighted by molar-refractivity contribution is -0.151. The quantitative estimate of drug-likeness (QED) is 0.253. The number of ether oxygens (including phenoxy) is 2. The Kier molecular flexibility index (Phi) is 6.27. The zero-order chi connectivity index (χ0) is 21.1. The van der Waals surface area contributed by atoms with E-state index in [4.69, 9.17) is 21.1 Å². The highest BCUT2D eigenvalue weighted by atomic mass is 35.5. The highest BCUT2D eigenvalue weighted by Crippen LogP contribution is 2.37. The maximum absolute atomic E-state index is 11.6. The van der Waals surface area contributed by atoms with E-state index < -0.39 is 12.3 Å². The van der Waals surface area contributed by atoms with Gasteiger partial charge in [0.25, 0.3) is 0 Å².